The summed E-state index contributed by atoms with van der Waals surface area (Å²) >= 11 is 0. The zero-order valence-electron chi connectivity index (χ0n) is 22.9. The van der Waals surface area contributed by atoms with Crippen LogP contribution in [0.3, 0.4) is 0 Å². The van der Waals surface area contributed by atoms with Gasteiger partial charge in [-0.15, -0.1) is 0 Å². The quantitative estimate of drug-likeness (QED) is 0.395. The Balaban J connectivity index is 1.25. The largest absolute Gasteiger partial charge is 0.433 e. The van der Waals surface area contributed by atoms with Gasteiger partial charge < -0.3 is 14.6 Å². The van der Waals surface area contributed by atoms with Crippen molar-refractivity contribution in [3.63, 3.8) is 0 Å². The van der Waals surface area contributed by atoms with Gasteiger partial charge in [-0.05, 0) is 56.0 Å². The normalized spacial score (nSPS) is 19.3. The average molecular weight is 569 g/mol. The van der Waals surface area contributed by atoms with Crippen LogP contribution in [0.2, 0.25) is 0 Å². The molecule has 6 rings (SSSR count). The van der Waals surface area contributed by atoms with Gasteiger partial charge in [0.05, 0.1) is 28.7 Å². The number of alkyl halides is 3. The molecule has 216 valence electrons. The number of fused-ring (bicyclic) bond motifs is 3. The zero-order valence-corrected chi connectivity index (χ0v) is 22.9. The van der Waals surface area contributed by atoms with Gasteiger partial charge in [0.25, 0.3) is 11.5 Å². The molecule has 2 aliphatic heterocycles. The Morgan fingerprint density at radius 2 is 1.90 bits per heavy atom. The van der Waals surface area contributed by atoms with Gasteiger partial charge in [0.1, 0.15) is 5.69 Å². The molecular weight excluding hydrogens is 537 g/mol. The van der Waals surface area contributed by atoms with Crippen LogP contribution in [-0.2, 0) is 17.5 Å². The average Bonchev–Trinajstić information content (AvgIpc) is 3.40. The molecule has 0 aliphatic carbocycles. The lowest BCUT2D eigenvalue weighted by atomic mass is 10.0. The summed E-state index contributed by atoms with van der Waals surface area (Å²) in [5, 5.41) is 5.83. The van der Waals surface area contributed by atoms with Crippen molar-refractivity contribution in [2.24, 2.45) is 0 Å². The number of aromatic nitrogens is 4. The van der Waals surface area contributed by atoms with Gasteiger partial charge in [-0.2, -0.15) is 18.3 Å². The highest BCUT2D eigenvalue weighted by atomic mass is 19.4. The van der Waals surface area contributed by atoms with Gasteiger partial charge in [0.2, 0.25) is 0 Å². The number of carbonyl (C=O) groups is 1. The molecule has 3 aromatic heterocycles. The first kappa shape index (κ1) is 27.4. The molecule has 0 saturated carbocycles. The van der Waals surface area contributed by atoms with E-state index >= 15 is 0 Å². The third-order valence-corrected chi connectivity index (χ3v) is 8.23. The minimum atomic E-state index is -4.47. The van der Waals surface area contributed by atoms with Gasteiger partial charge in [-0.1, -0.05) is 6.07 Å². The fraction of sp³-hybridized carbons (Fsp3) is 0.448. The van der Waals surface area contributed by atoms with E-state index in [1.54, 1.807) is 6.20 Å². The Hall–Kier alpha value is -3.77. The second kappa shape index (κ2) is 10.6. The van der Waals surface area contributed by atoms with Crippen molar-refractivity contribution >= 4 is 27.7 Å². The molecule has 0 spiro atoms. The lowest BCUT2D eigenvalue weighted by molar-refractivity contribution is -0.141. The molecule has 4 aromatic rings. The fourth-order valence-electron chi connectivity index (χ4n) is 5.94. The molecule has 1 amide bonds. The van der Waals surface area contributed by atoms with E-state index in [9.17, 15) is 22.8 Å². The zero-order chi connectivity index (χ0) is 28.9. The first-order valence-corrected chi connectivity index (χ1v) is 13.8. The smallest absolute Gasteiger partial charge is 0.381 e. The van der Waals surface area contributed by atoms with Crippen LogP contribution in [0, 0.1) is 6.92 Å². The molecule has 0 unspecified atom stereocenters. The standard InChI is InChI=1S/C29H31F3N6O3/c1-17-11-24-22(26-23(27(39)35-24)14-34-38(26)20-5-9-41-10-6-20)12-21(17)28(40)37-8-7-36(18(2)15-37)16-19-3-4-25(33-13-19)29(30,31)32/h3-4,11-14,18,20H,5-10,15-16H2,1-2H3,(H,35,39)/t18-/m0/s1. The molecule has 41 heavy (non-hydrogen) atoms. The van der Waals surface area contributed by atoms with E-state index < -0.39 is 11.9 Å². The minimum Gasteiger partial charge on any atom is -0.381 e. The number of piperazine rings is 1. The molecule has 2 fully saturated rings. The predicted molar refractivity (Wildman–Crippen MR) is 147 cm³/mol. The van der Waals surface area contributed by atoms with Crippen LogP contribution in [0.4, 0.5) is 13.2 Å². The summed E-state index contributed by atoms with van der Waals surface area (Å²) in [5.74, 6) is -0.0939. The van der Waals surface area contributed by atoms with E-state index in [0.717, 1.165) is 35.4 Å². The summed E-state index contributed by atoms with van der Waals surface area (Å²) in [6.07, 6.45) is -0.00970. The van der Waals surface area contributed by atoms with E-state index in [2.05, 4.69) is 20.0 Å². The fourth-order valence-corrected chi connectivity index (χ4v) is 5.94. The van der Waals surface area contributed by atoms with Gasteiger partial charge in [0, 0.05) is 62.6 Å². The number of nitrogens with zero attached hydrogens (tertiary/aromatic N) is 5. The number of hydrogen-bond donors (Lipinski definition) is 1. The molecule has 0 bridgehead atoms. The Labute approximate surface area is 233 Å². The molecule has 2 aliphatic rings. The van der Waals surface area contributed by atoms with Crippen molar-refractivity contribution in [1.82, 2.24) is 29.5 Å². The Bertz CT molecular complexity index is 1660. The number of benzene rings is 1. The Kier molecular flexibility index (Phi) is 7.06. The molecule has 5 heterocycles. The minimum absolute atomic E-state index is 0.00577. The van der Waals surface area contributed by atoms with E-state index in [4.69, 9.17) is 4.74 Å². The predicted octanol–water partition coefficient (Wildman–Crippen LogP) is 4.30. The topological polar surface area (TPSA) is 96.3 Å². The molecule has 1 N–H and O–H groups in total. The molecule has 0 radical (unpaired) electrons. The van der Waals surface area contributed by atoms with Crippen molar-refractivity contribution in [2.45, 2.75) is 51.5 Å². The summed E-state index contributed by atoms with van der Waals surface area (Å²) in [5.41, 5.74) is 2.29. The SMILES string of the molecule is Cc1cc2[nH]c(=O)c3cnn(C4CCOCC4)c3c2cc1C(=O)N1CCN(Cc2ccc(C(F)(F)F)nc2)[C@@H](C)C1. The summed E-state index contributed by atoms with van der Waals surface area (Å²) in [4.78, 5) is 37.1. The number of nitrogens with one attached hydrogen (secondary N) is 1. The number of ether oxygens (including phenoxy) is 1. The number of hydrogen-bond acceptors (Lipinski definition) is 6. The second-order valence-corrected chi connectivity index (χ2v) is 11.0. The van der Waals surface area contributed by atoms with Crippen molar-refractivity contribution < 1.29 is 22.7 Å². The number of aryl methyl sites for hydroxylation is 1. The van der Waals surface area contributed by atoms with Crippen molar-refractivity contribution in [3.05, 3.63) is 69.4 Å². The molecule has 1 atom stereocenters. The Morgan fingerprint density at radius 1 is 1.12 bits per heavy atom. The maximum absolute atomic E-state index is 13.8. The number of H-pyrrole nitrogens is 1. The second-order valence-electron chi connectivity index (χ2n) is 11.0. The van der Waals surface area contributed by atoms with Gasteiger partial charge in [-0.3, -0.25) is 24.2 Å². The van der Waals surface area contributed by atoms with Crippen LogP contribution < -0.4 is 5.56 Å². The monoisotopic (exact) mass is 568 g/mol. The highest BCUT2D eigenvalue weighted by Gasteiger charge is 2.33. The lowest BCUT2D eigenvalue weighted by Gasteiger charge is -2.40. The van der Waals surface area contributed by atoms with Crippen molar-refractivity contribution in [3.8, 4) is 0 Å². The number of aromatic amines is 1. The van der Waals surface area contributed by atoms with Gasteiger partial charge in [0.15, 0.2) is 0 Å². The maximum atomic E-state index is 13.8. The highest BCUT2D eigenvalue weighted by Crippen LogP contribution is 2.31. The van der Waals surface area contributed by atoms with Crippen molar-refractivity contribution in [1.29, 1.82) is 0 Å². The molecule has 2 saturated heterocycles. The number of carbonyl (C=O) groups excluding carboxylic acids is 1. The summed E-state index contributed by atoms with van der Waals surface area (Å²) in [7, 11) is 0. The third kappa shape index (κ3) is 5.21. The van der Waals surface area contributed by atoms with E-state index in [1.807, 2.05) is 35.6 Å². The first-order valence-electron chi connectivity index (χ1n) is 13.8. The van der Waals surface area contributed by atoms with Crippen LogP contribution in [0.25, 0.3) is 21.8 Å². The number of pyridine rings is 2. The summed E-state index contributed by atoms with van der Waals surface area (Å²) in [6, 6.07) is 6.28. The van der Waals surface area contributed by atoms with Crippen LogP contribution in [0.1, 0.15) is 53.0 Å². The summed E-state index contributed by atoms with van der Waals surface area (Å²) in [6.45, 7) is 7.12. The van der Waals surface area contributed by atoms with Crippen LogP contribution in [0.15, 0.2) is 41.5 Å². The molecule has 12 heteroatoms. The number of halogens is 3. The molecule has 1 aromatic carbocycles. The van der Waals surface area contributed by atoms with Gasteiger partial charge in [-0.25, -0.2) is 0 Å². The Morgan fingerprint density at radius 3 is 2.59 bits per heavy atom. The third-order valence-electron chi connectivity index (χ3n) is 8.23. The molecular formula is C29H31F3N6O3. The summed E-state index contributed by atoms with van der Waals surface area (Å²) < 4.78 is 46.0. The van der Waals surface area contributed by atoms with E-state index in [1.165, 1.54) is 12.3 Å². The number of amides is 1. The highest BCUT2D eigenvalue weighted by molar-refractivity contribution is 6.07. The van der Waals surface area contributed by atoms with Crippen LogP contribution in [-0.4, -0.2) is 74.3 Å². The lowest BCUT2D eigenvalue weighted by Crippen LogP contribution is -2.53. The number of rotatable bonds is 4. The molecule has 9 nitrogen and oxygen atoms in total. The van der Waals surface area contributed by atoms with Crippen LogP contribution >= 0.6 is 0 Å². The first-order chi connectivity index (χ1) is 19.6. The van der Waals surface area contributed by atoms with E-state index in [-0.39, 0.29) is 23.6 Å². The van der Waals surface area contributed by atoms with Gasteiger partial charge >= 0.3 is 6.18 Å². The maximum Gasteiger partial charge on any atom is 0.433 e. The van der Waals surface area contributed by atoms with Crippen LogP contribution in [0.5, 0.6) is 0 Å². The van der Waals surface area contributed by atoms with E-state index in [0.29, 0.717) is 61.4 Å². The van der Waals surface area contributed by atoms with Crippen molar-refractivity contribution in [2.75, 3.05) is 32.8 Å².